The predicted octanol–water partition coefficient (Wildman–Crippen LogP) is 3.49. The van der Waals surface area contributed by atoms with E-state index in [0.29, 0.717) is 0 Å². The highest BCUT2D eigenvalue weighted by Crippen LogP contribution is 2.62. The Morgan fingerprint density at radius 1 is 1.04 bits per heavy atom. The van der Waals surface area contributed by atoms with Crippen molar-refractivity contribution in [1.29, 1.82) is 0 Å². The number of fused-ring (bicyclic) bond motifs is 2. The first-order chi connectivity index (χ1) is 11.2. The quantitative estimate of drug-likeness (QED) is 0.809. The van der Waals surface area contributed by atoms with Crippen LogP contribution in [0.25, 0.3) is 16.7 Å². The SMILES string of the molecule is C=C1c2cc(-c3cncnc3)ccc2OC2(CCC2)C12COC2. The standard InChI is InChI=1S/C19H18N2O2/c1-13-16-7-14(15-8-20-12-21-9-15)3-4-17(16)23-19(5-2-6-19)18(13)10-22-11-18/h3-4,7-9,12H,1-2,5-6,10-11H2. The van der Waals surface area contributed by atoms with Crippen molar-refractivity contribution in [2.45, 2.75) is 24.9 Å². The van der Waals surface area contributed by atoms with Gasteiger partial charge in [-0.05, 0) is 42.5 Å². The fourth-order valence-electron chi connectivity index (χ4n) is 4.15. The third-order valence-corrected chi connectivity index (χ3v) is 5.81. The number of nitrogens with zero attached hydrogens (tertiary/aromatic N) is 2. The molecule has 3 aliphatic rings. The van der Waals surface area contributed by atoms with E-state index in [4.69, 9.17) is 9.47 Å². The van der Waals surface area contributed by atoms with E-state index < -0.39 is 0 Å². The lowest BCUT2D eigenvalue weighted by Gasteiger charge is -2.62. The van der Waals surface area contributed by atoms with Crippen LogP contribution in [0.1, 0.15) is 24.8 Å². The van der Waals surface area contributed by atoms with Crippen molar-refractivity contribution in [3.8, 4) is 16.9 Å². The number of rotatable bonds is 1. The Hall–Kier alpha value is -2.20. The molecule has 116 valence electrons. The molecule has 1 saturated heterocycles. The molecule has 0 radical (unpaired) electrons. The van der Waals surface area contributed by atoms with Gasteiger partial charge in [0, 0.05) is 23.5 Å². The van der Waals surface area contributed by atoms with Crippen LogP contribution in [0.5, 0.6) is 5.75 Å². The molecule has 1 saturated carbocycles. The Bertz CT molecular complexity index is 792. The lowest BCUT2D eigenvalue weighted by Crippen LogP contribution is -2.67. The van der Waals surface area contributed by atoms with Crippen molar-refractivity contribution in [2.75, 3.05) is 13.2 Å². The maximum atomic E-state index is 6.50. The van der Waals surface area contributed by atoms with E-state index >= 15 is 0 Å². The molecule has 2 fully saturated rings. The first kappa shape index (κ1) is 13.3. The highest BCUT2D eigenvalue weighted by atomic mass is 16.5. The zero-order chi connectivity index (χ0) is 15.5. The van der Waals surface area contributed by atoms with Gasteiger partial charge in [0.2, 0.25) is 0 Å². The van der Waals surface area contributed by atoms with Gasteiger partial charge in [0.1, 0.15) is 17.7 Å². The summed E-state index contributed by atoms with van der Waals surface area (Å²) < 4.78 is 12.1. The van der Waals surface area contributed by atoms with Crippen molar-refractivity contribution in [2.24, 2.45) is 5.41 Å². The van der Waals surface area contributed by atoms with Crippen LogP contribution >= 0.6 is 0 Å². The molecule has 5 rings (SSSR count). The molecule has 0 atom stereocenters. The molecule has 0 bridgehead atoms. The van der Waals surface area contributed by atoms with Crippen LogP contribution in [0, 0.1) is 5.41 Å². The van der Waals surface area contributed by atoms with E-state index in [1.807, 2.05) is 12.4 Å². The Morgan fingerprint density at radius 3 is 2.43 bits per heavy atom. The summed E-state index contributed by atoms with van der Waals surface area (Å²) in [6.07, 6.45) is 8.63. The van der Waals surface area contributed by atoms with Crippen LogP contribution in [0.15, 0.2) is 43.5 Å². The second-order valence-electron chi connectivity index (χ2n) is 6.84. The van der Waals surface area contributed by atoms with Gasteiger partial charge in [0.05, 0.1) is 18.6 Å². The molecule has 0 N–H and O–H groups in total. The summed E-state index contributed by atoms with van der Waals surface area (Å²) in [5, 5.41) is 0. The molecule has 0 amide bonds. The third kappa shape index (κ3) is 1.59. The molecular weight excluding hydrogens is 288 g/mol. The smallest absolute Gasteiger partial charge is 0.127 e. The molecule has 1 aromatic heterocycles. The van der Waals surface area contributed by atoms with Crippen molar-refractivity contribution < 1.29 is 9.47 Å². The molecule has 3 heterocycles. The average molecular weight is 306 g/mol. The summed E-state index contributed by atoms with van der Waals surface area (Å²) in [6, 6.07) is 6.30. The van der Waals surface area contributed by atoms with Gasteiger partial charge in [0.25, 0.3) is 0 Å². The summed E-state index contributed by atoms with van der Waals surface area (Å²) in [7, 11) is 0. The zero-order valence-corrected chi connectivity index (χ0v) is 12.9. The van der Waals surface area contributed by atoms with Crippen molar-refractivity contribution in [3.63, 3.8) is 0 Å². The lowest BCUT2D eigenvalue weighted by molar-refractivity contribution is -0.209. The lowest BCUT2D eigenvalue weighted by atomic mass is 9.54. The first-order valence-electron chi connectivity index (χ1n) is 8.10. The van der Waals surface area contributed by atoms with Crippen LogP contribution in [-0.2, 0) is 4.74 Å². The first-order valence-corrected chi connectivity index (χ1v) is 8.10. The van der Waals surface area contributed by atoms with Crippen LogP contribution in [0.4, 0.5) is 0 Å². The molecule has 23 heavy (non-hydrogen) atoms. The van der Waals surface area contributed by atoms with Gasteiger partial charge in [-0.2, -0.15) is 0 Å². The molecule has 4 nitrogen and oxygen atoms in total. The minimum Gasteiger partial charge on any atom is -0.486 e. The summed E-state index contributed by atoms with van der Waals surface area (Å²) in [5.41, 5.74) is 4.24. The van der Waals surface area contributed by atoms with Gasteiger partial charge in [-0.25, -0.2) is 9.97 Å². The molecule has 0 unspecified atom stereocenters. The van der Waals surface area contributed by atoms with Crippen LogP contribution in [0.3, 0.4) is 0 Å². The third-order valence-electron chi connectivity index (χ3n) is 5.81. The normalized spacial score (nSPS) is 22.9. The van der Waals surface area contributed by atoms with Crippen LogP contribution in [0.2, 0.25) is 0 Å². The topological polar surface area (TPSA) is 44.2 Å². The van der Waals surface area contributed by atoms with E-state index in [-0.39, 0.29) is 11.0 Å². The van der Waals surface area contributed by atoms with E-state index in [2.05, 4.69) is 34.7 Å². The van der Waals surface area contributed by atoms with Gasteiger partial charge in [-0.15, -0.1) is 0 Å². The van der Waals surface area contributed by atoms with Crippen LogP contribution < -0.4 is 4.74 Å². The van der Waals surface area contributed by atoms with Crippen molar-refractivity contribution in [3.05, 3.63) is 49.1 Å². The Balaban J connectivity index is 1.63. The maximum Gasteiger partial charge on any atom is 0.127 e. The number of hydrogen-bond acceptors (Lipinski definition) is 4. The van der Waals surface area contributed by atoms with Gasteiger partial charge in [-0.1, -0.05) is 12.6 Å². The summed E-state index contributed by atoms with van der Waals surface area (Å²) in [5.74, 6) is 0.952. The summed E-state index contributed by atoms with van der Waals surface area (Å²) >= 11 is 0. The van der Waals surface area contributed by atoms with E-state index in [1.165, 1.54) is 12.0 Å². The number of aromatic nitrogens is 2. The summed E-state index contributed by atoms with van der Waals surface area (Å²) in [6.45, 7) is 5.90. The van der Waals surface area contributed by atoms with Crippen molar-refractivity contribution in [1.82, 2.24) is 9.97 Å². The molecule has 2 aliphatic heterocycles. The minimum absolute atomic E-state index is 0.0376. The van der Waals surface area contributed by atoms with Gasteiger partial charge in [0.15, 0.2) is 0 Å². The minimum atomic E-state index is -0.0906. The molecule has 2 spiro atoms. The maximum absolute atomic E-state index is 6.50. The highest BCUT2D eigenvalue weighted by molar-refractivity contribution is 5.81. The average Bonchev–Trinajstić information content (AvgIpc) is 2.52. The van der Waals surface area contributed by atoms with Gasteiger partial charge < -0.3 is 9.47 Å². The number of hydrogen-bond donors (Lipinski definition) is 0. The molecule has 1 aliphatic carbocycles. The number of benzene rings is 1. The molecule has 1 aromatic carbocycles. The second-order valence-corrected chi connectivity index (χ2v) is 6.84. The second kappa shape index (κ2) is 4.42. The highest BCUT2D eigenvalue weighted by Gasteiger charge is 2.64. The number of ether oxygens (including phenoxy) is 2. The van der Waals surface area contributed by atoms with E-state index in [9.17, 15) is 0 Å². The summed E-state index contributed by atoms with van der Waals surface area (Å²) in [4.78, 5) is 8.22. The van der Waals surface area contributed by atoms with Gasteiger partial charge in [-0.3, -0.25) is 0 Å². The van der Waals surface area contributed by atoms with E-state index in [0.717, 1.165) is 48.5 Å². The monoisotopic (exact) mass is 306 g/mol. The van der Waals surface area contributed by atoms with Gasteiger partial charge >= 0.3 is 0 Å². The fraction of sp³-hybridized carbons (Fsp3) is 0.368. The zero-order valence-electron chi connectivity index (χ0n) is 12.9. The Kier molecular flexibility index (Phi) is 2.55. The molecule has 4 heteroatoms. The molecular formula is C19H18N2O2. The Morgan fingerprint density at radius 2 is 1.83 bits per heavy atom. The molecule has 2 aromatic rings. The van der Waals surface area contributed by atoms with Crippen molar-refractivity contribution >= 4 is 5.57 Å². The largest absolute Gasteiger partial charge is 0.486 e. The predicted molar refractivity (Wildman–Crippen MR) is 87.0 cm³/mol. The van der Waals surface area contributed by atoms with E-state index in [1.54, 1.807) is 6.33 Å². The van der Waals surface area contributed by atoms with Crippen LogP contribution in [-0.4, -0.2) is 28.8 Å². The Labute approximate surface area is 135 Å². The fourth-order valence-corrected chi connectivity index (χ4v) is 4.15.